The number of rotatable bonds is 1. The lowest BCUT2D eigenvalue weighted by Crippen LogP contribution is -2.32. The number of urea groups is 1. The molecule has 1 saturated heterocycles. The highest BCUT2D eigenvalue weighted by molar-refractivity contribution is 6.03. The lowest BCUT2D eigenvalue weighted by Gasteiger charge is -2.02. The van der Waals surface area contributed by atoms with Crippen LogP contribution in [0.4, 0.5) is 4.79 Å². The van der Waals surface area contributed by atoms with Crippen LogP contribution in [0, 0.1) is 0 Å². The van der Waals surface area contributed by atoms with Gasteiger partial charge in [-0.15, -0.1) is 0 Å². The number of nitrogens with zero attached hydrogens (tertiary/aromatic N) is 1. The number of carbonyl (C=O) groups excluding carboxylic acids is 2. The number of hydrogen-bond acceptors (Lipinski definition) is 3. The maximum absolute atomic E-state index is 10.8. The zero-order valence-corrected chi connectivity index (χ0v) is 5.50. The van der Waals surface area contributed by atoms with Gasteiger partial charge in [0.15, 0.2) is 0 Å². The minimum absolute atomic E-state index is 0.338. The number of hydrogen-bond donors (Lipinski definition) is 2. The van der Waals surface area contributed by atoms with Crippen molar-refractivity contribution in [3.8, 4) is 0 Å². The Bertz CT molecular complexity index is 180. The summed E-state index contributed by atoms with van der Waals surface area (Å²) in [6, 6.07) is -1.19. The number of aliphatic hydroxyl groups excluding tert-OH is 1. The average Bonchev–Trinajstić information content (AvgIpc) is 2.17. The normalized spacial score (nSPS) is 25.4. The van der Waals surface area contributed by atoms with Gasteiger partial charge in [-0.1, -0.05) is 0 Å². The molecule has 0 aliphatic carbocycles. The molecule has 0 aromatic carbocycles. The van der Waals surface area contributed by atoms with E-state index in [-0.39, 0.29) is 12.5 Å². The summed E-state index contributed by atoms with van der Waals surface area (Å²) in [6.45, 7) is -0.338. The van der Waals surface area contributed by atoms with Crippen LogP contribution in [0.15, 0.2) is 0 Å². The molecule has 0 aromatic rings. The summed E-state index contributed by atoms with van der Waals surface area (Å²) < 4.78 is 0. The van der Waals surface area contributed by atoms with Gasteiger partial charge in [0.1, 0.15) is 6.04 Å². The predicted octanol–water partition coefficient (Wildman–Crippen LogP) is -1.47. The summed E-state index contributed by atoms with van der Waals surface area (Å²) in [5.74, 6) is -0.382. The number of carbonyl (C=O) groups is 2. The second-order valence-electron chi connectivity index (χ2n) is 2.08. The molecule has 3 amide bonds. The minimum Gasteiger partial charge on any atom is -0.394 e. The van der Waals surface area contributed by atoms with Crippen molar-refractivity contribution in [2.45, 2.75) is 6.04 Å². The molecule has 1 fully saturated rings. The number of amides is 3. The van der Waals surface area contributed by atoms with Gasteiger partial charge in [0.25, 0.3) is 5.91 Å². The molecule has 0 aromatic heterocycles. The number of likely N-dealkylation sites (N-methyl/N-ethyl adjacent to an activating group) is 1. The third-order valence-corrected chi connectivity index (χ3v) is 1.41. The monoisotopic (exact) mass is 144 g/mol. The highest BCUT2D eigenvalue weighted by atomic mass is 16.3. The van der Waals surface area contributed by atoms with E-state index < -0.39 is 12.1 Å². The molecule has 1 aliphatic heterocycles. The SMILES string of the molecule is CN1C(=O)N[C@H](CO)C1=O. The smallest absolute Gasteiger partial charge is 0.324 e. The topological polar surface area (TPSA) is 69.6 Å². The molecule has 1 atom stereocenters. The van der Waals surface area contributed by atoms with Crippen LogP contribution >= 0.6 is 0 Å². The van der Waals surface area contributed by atoms with E-state index in [1.54, 1.807) is 0 Å². The Morgan fingerprint density at radius 2 is 2.30 bits per heavy atom. The molecule has 0 saturated carbocycles. The number of imide groups is 1. The first-order valence-corrected chi connectivity index (χ1v) is 2.85. The van der Waals surface area contributed by atoms with Crippen LogP contribution in [0.1, 0.15) is 0 Å². The summed E-state index contributed by atoms with van der Waals surface area (Å²) >= 11 is 0. The first kappa shape index (κ1) is 7.01. The van der Waals surface area contributed by atoms with Crippen molar-refractivity contribution in [1.82, 2.24) is 10.2 Å². The molecule has 1 heterocycles. The van der Waals surface area contributed by atoms with Crippen LogP contribution in [-0.2, 0) is 4.79 Å². The first-order valence-electron chi connectivity index (χ1n) is 2.85. The highest BCUT2D eigenvalue weighted by Gasteiger charge is 2.34. The van der Waals surface area contributed by atoms with Gasteiger partial charge in [-0.3, -0.25) is 9.69 Å². The van der Waals surface area contributed by atoms with Crippen LogP contribution in [0.2, 0.25) is 0 Å². The third kappa shape index (κ3) is 0.841. The third-order valence-electron chi connectivity index (χ3n) is 1.41. The molecular formula is C5H8N2O3. The van der Waals surface area contributed by atoms with Gasteiger partial charge < -0.3 is 10.4 Å². The first-order chi connectivity index (χ1) is 4.66. The fraction of sp³-hybridized carbons (Fsp3) is 0.600. The van der Waals surface area contributed by atoms with Crippen molar-refractivity contribution in [2.24, 2.45) is 0 Å². The summed E-state index contributed by atoms with van der Waals surface area (Å²) in [5.41, 5.74) is 0. The molecule has 0 unspecified atom stereocenters. The van der Waals surface area contributed by atoms with Gasteiger partial charge in [-0.05, 0) is 0 Å². The molecule has 1 rings (SSSR count). The largest absolute Gasteiger partial charge is 0.394 e. The summed E-state index contributed by atoms with van der Waals surface area (Å²) in [4.78, 5) is 22.4. The van der Waals surface area contributed by atoms with Crippen molar-refractivity contribution in [3.05, 3.63) is 0 Å². The summed E-state index contributed by atoms with van der Waals surface area (Å²) in [5, 5.41) is 10.8. The lowest BCUT2D eigenvalue weighted by atomic mass is 10.3. The van der Waals surface area contributed by atoms with Crippen LogP contribution in [0.5, 0.6) is 0 Å². The van der Waals surface area contributed by atoms with E-state index in [0.717, 1.165) is 4.90 Å². The van der Waals surface area contributed by atoms with E-state index in [1.807, 2.05) is 0 Å². The Morgan fingerprint density at radius 3 is 2.50 bits per heavy atom. The van der Waals surface area contributed by atoms with Crippen molar-refractivity contribution in [3.63, 3.8) is 0 Å². The van der Waals surface area contributed by atoms with Gasteiger partial charge in [-0.2, -0.15) is 0 Å². The zero-order chi connectivity index (χ0) is 7.72. The fourth-order valence-corrected chi connectivity index (χ4v) is 0.765. The second kappa shape index (κ2) is 2.26. The lowest BCUT2D eigenvalue weighted by molar-refractivity contribution is -0.127. The standard InChI is InChI=1S/C5H8N2O3/c1-7-4(9)3(2-8)6-5(7)10/h3,8H,2H2,1H3,(H,6,10)/t3-/m1/s1. The number of aliphatic hydroxyl groups is 1. The quantitative estimate of drug-likeness (QED) is 0.441. The van der Waals surface area contributed by atoms with Gasteiger partial charge in [0, 0.05) is 7.05 Å². The highest BCUT2D eigenvalue weighted by Crippen LogP contribution is 2.01. The second-order valence-corrected chi connectivity index (χ2v) is 2.08. The maximum atomic E-state index is 10.8. The van der Waals surface area contributed by atoms with E-state index in [4.69, 9.17) is 5.11 Å². The van der Waals surface area contributed by atoms with Crippen molar-refractivity contribution in [2.75, 3.05) is 13.7 Å². The van der Waals surface area contributed by atoms with Gasteiger partial charge in [0.05, 0.1) is 6.61 Å². The van der Waals surface area contributed by atoms with Gasteiger partial charge in [0.2, 0.25) is 0 Å². The van der Waals surface area contributed by atoms with Crippen LogP contribution in [-0.4, -0.2) is 41.6 Å². The van der Waals surface area contributed by atoms with Crippen molar-refractivity contribution < 1.29 is 14.7 Å². The van der Waals surface area contributed by atoms with Crippen LogP contribution in [0.3, 0.4) is 0 Å². The molecule has 5 nitrogen and oxygen atoms in total. The van der Waals surface area contributed by atoms with E-state index in [0.29, 0.717) is 0 Å². The van der Waals surface area contributed by atoms with E-state index in [2.05, 4.69) is 5.32 Å². The average molecular weight is 144 g/mol. The molecule has 5 heteroatoms. The van der Waals surface area contributed by atoms with Gasteiger partial charge in [-0.25, -0.2) is 4.79 Å². The summed E-state index contributed by atoms with van der Waals surface area (Å²) in [7, 11) is 1.37. The number of nitrogens with one attached hydrogen (secondary N) is 1. The summed E-state index contributed by atoms with van der Waals surface area (Å²) in [6.07, 6.45) is 0. The van der Waals surface area contributed by atoms with Crippen LogP contribution in [0.25, 0.3) is 0 Å². The van der Waals surface area contributed by atoms with Gasteiger partial charge >= 0.3 is 6.03 Å². The maximum Gasteiger partial charge on any atom is 0.324 e. The molecular weight excluding hydrogens is 136 g/mol. The van der Waals surface area contributed by atoms with E-state index >= 15 is 0 Å². The van der Waals surface area contributed by atoms with E-state index in [9.17, 15) is 9.59 Å². The Hall–Kier alpha value is -1.10. The van der Waals surface area contributed by atoms with Crippen LogP contribution < -0.4 is 5.32 Å². The molecule has 1 aliphatic rings. The van der Waals surface area contributed by atoms with E-state index in [1.165, 1.54) is 7.05 Å². The molecule has 2 N–H and O–H groups in total. The molecule has 0 spiro atoms. The Kier molecular flexibility index (Phi) is 1.58. The fourth-order valence-electron chi connectivity index (χ4n) is 0.765. The molecule has 10 heavy (non-hydrogen) atoms. The Balaban J connectivity index is 2.71. The minimum atomic E-state index is -0.738. The Morgan fingerprint density at radius 1 is 1.70 bits per heavy atom. The molecule has 0 bridgehead atoms. The predicted molar refractivity (Wildman–Crippen MR) is 32.2 cm³/mol. The molecule has 0 radical (unpaired) electrons. The zero-order valence-electron chi connectivity index (χ0n) is 5.50. The van der Waals surface area contributed by atoms with Crippen molar-refractivity contribution >= 4 is 11.9 Å². The Labute approximate surface area is 57.6 Å². The molecule has 56 valence electrons. The van der Waals surface area contributed by atoms with Crippen molar-refractivity contribution in [1.29, 1.82) is 0 Å².